The van der Waals surface area contributed by atoms with E-state index in [0.29, 0.717) is 5.56 Å². The Morgan fingerprint density at radius 3 is 2.67 bits per heavy atom. The smallest absolute Gasteiger partial charge is 0.259 e. The first-order valence-electron chi connectivity index (χ1n) is 6.55. The van der Waals surface area contributed by atoms with Crippen molar-refractivity contribution >= 4 is 28.1 Å². The molecule has 0 spiro atoms. The third-order valence-electron chi connectivity index (χ3n) is 3.27. The van der Waals surface area contributed by atoms with E-state index in [0.717, 1.165) is 22.1 Å². The average molecular weight is 278 g/mol. The number of carbonyl (C=O) groups excluding carboxylic acids is 1. The second-order valence-electron chi connectivity index (χ2n) is 4.53. The van der Waals surface area contributed by atoms with E-state index in [1.807, 2.05) is 24.3 Å². The van der Waals surface area contributed by atoms with Crippen LogP contribution in [0.25, 0.3) is 10.8 Å². The lowest BCUT2D eigenvalue weighted by Gasteiger charge is -2.10. The van der Waals surface area contributed by atoms with Gasteiger partial charge in [0.2, 0.25) is 0 Å². The highest BCUT2D eigenvalue weighted by molar-refractivity contribution is 6.11. The molecule has 3 rings (SSSR count). The van der Waals surface area contributed by atoms with E-state index in [4.69, 9.17) is 0 Å². The van der Waals surface area contributed by atoms with E-state index in [1.54, 1.807) is 37.9 Å². The fraction of sp³-hybridized carbons (Fsp3) is 0.0625. The molecule has 21 heavy (non-hydrogen) atoms. The number of benzene rings is 1. The molecule has 0 saturated carbocycles. The molecule has 104 valence electrons. The summed E-state index contributed by atoms with van der Waals surface area (Å²) in [7, 11) is 1.77. The molecule has 5 nitrogen and oxygen atoms in total. The fourth-order valence-corrected chi connectivity index (χ4v) is 2.21. The summed E-state index contributed by atoms with van der Waals surface area (Å²) in [6.07, 6.45) is 6.66. The van der Waals surface area contributed by atoms with Crippen LogP contribution in [-0.4, -0.2) is 22.9 Å². The summed E-state index contributed by atoms with van der Waals surface area (Å²) < 4.78 is 0. The summed E-state index contributed by atoms with van der Waals surface area (Å²) in [6.45, 7) is 0. The van der Waals surface area contributed by atoms with Gasteiger partial charge in [-0.05, 0) is 23.6 Å². The number of rotatable bonds is 3. The second-order valence-corrected chi connectivity index (χ2v) is 4.53. The maximum Gasteiger partial charge on any atom is 0.259 e. The minimum absolute atomic E-state index is 0.205. The predicted molar refractivity (Wildman–Crippen MR) is 83.5 cm³/mol. The van der Waals surface area contributed by atoms with Crippen LogP contribution in [-0.2, 0) is 0 Å². The van der Waals surface area contributed by atoms with Gasteiger partial charge in [-0.15, -0.1) is 0 Å². The van der Waals surface area contributed by atoms with E-state index in [2.05, 4.69) is 20.6 Å². The molecular formula is C16H14N4O. The van der Waals surface area contributed by atoms with Gasteiger partial charge in [-0.25, -0.2) is 0 Å². The molecule has 0 saturated heterocycles. The van der Waals surface area contributed by atoms with Gasteiger partial charge in [0, 0.05) is 42.9 Å². The van der Waals surface area contributed by atoms with Gasteiger partial charge in [0.05, 0.1) is 11.3 Å². The molecular weight excluding hydrogens is 264 g/mol. The van der Waals surface area contributed by atoms with Crippen molar-refractivity contribution in [1.82, 2.24) is 9.97 Å². The third-order valence-corrected chi connectivity index (χ3v) is 3.27. The van der Waals surface area contributed by atoms with Crippen molar-refractivity contribution in [3.63, 3.8) is 0 Å². The lowest BCUT2D eigenvalue weighted by atomic mass is 10.1. The first-order valence-corrected chi connectivity index (χ1v) is 6.55. The topological polar surface area (TPSA) is 66.9 Å². The van der Waals surface area contributed by atoms with Crippen LogP contribution in [0, 0.1) is 0 Å². The Balaban J connectivity index is 1.97. The molecule has 2 aromatic heterocycles. The largest absolute Gasteiger partial charge is 0.387 e. The molecule has 1 aromatic carbocycles. The molecule has 0 aliphatic carbocycles. The molecule has 2 heterocycles. The number of fused-ring (bicyclic) bond motifs is 1. The zero-order valence-corrected chi connectivity index (χ0v) is 11.5. The Hall–Kier alpha value is -2.95. The molecule has 0 unspecified atom stereocenters. The molecule has 0 fully saturated rings. The van der Waals surface area contributed by atoms with Crippen molar-refractivity contribution in [2.75, 3.05) is 17.7 Å². The van der Waals surface area contributed by atoms with Crippen LogP contribution in [0.3, 0.4) is 0 Å². The van der Waals surface area contributed by atoms with Crippen LogP contribution in [0.5, 0.6) is 0 Å². The second kappa shape index (κ2) is 5.58. The van der Waals surface area contributed by atoms with Crippen LogP contribution >= 0.6 is 0 Å². The quantitative estimate of drug-likeness (QED) is 0.773. The maximum absolute atomic E-state index is 12.4. The number of anilines is 2. The standard InChI is InChI=1S/C16H14N4O/c1-17-14-6-8-19-10-13(14)16(21)20-15-4-2-3-11-5-7-18-9-12(11)15/h2-10H,1H3,(H,17,19)(H,20,21). The number of aromatic nitrogens is 2. The van der Waals surface area contributed by atoms with E-state index in [-0.39, 0.29) is 5.91 Å². The maximum atomic E-state index is 12.4. The van der Waals surface area contributed by atoms with Crippen molar-refractivity contribution in [3.05, 3.63) is 60.7 Å². The van der Waals surface area contributed by atoms with Crippen molar-refractivity contribution < 1.29 is 4.79 Å². The zero-order chi connectivity index (χ0) is 14.7. The zero-order valence-electron chi connectivity index (χ0n) is 11.5. The van der Waals surface area contributed by atoms with Gasteiger partial charge < -0.3 is 10.6 Å². The third kappa shape index (κ3) is 2.53. The normalized spacial score (nSPS) is 10.3. The Kier molecular flexibility index (Phi) is 3.47. The number of carbonyl (C=O) groups is 1. The highest BCUT2D eigenvalue weighted by Gasteiger charge is 2.12. The average Bonchev–Trinajstić information content (AvgIpc) is 2.55. The lowest BCUT2D eigenvalue weighted by Crippen LogP contribution is -2.14. The van der Waals surface area contributed by atoms with Crippen LogP contribution in [0.1, 0.15) is 10.4 Å². The van der Waals surface area contributed by atoms with Crippen molar-refractivity contribution in [1.29, 1.82) is 0 Å². The van der Waals surface area contributed by atoms with Gasteiger partial charge in [-0.3, -0.25) is 14.8 Å². The number of hydrogen-bond acceptors (Lipinski definition) is 4. The number of pyridine rings is 2. The van der Waals surface area contributed by atoms with E-state index >= 15 is 0 Å². The SMILES string of the molecule is CNc1ccncc1C(=O)Nc1cccc2ccncc12. The lowest BCUT2D eigenvalue weighted by molar-refractivity contribution is 0.102. The van der Waals surface area contributed by atoms with Crippen molar-refractivity contribution in [3.8, 4) is 0 Å². The molecule has 3 aromatic rings. The Morgan fingerprint density at radius 2 is 1.81 bits per heavy atom. The van der Waals surface area contributed by atoms with Gasteiger partial charge in [0.25, 0.3) is 5.91 Å². The Labute approximate surface area is 122 Å². The van der Waals surface area contributed by atoms with Crippen molar-refractivity contribution in [2.45, 2.75) is 0 Å². The molecule has 0 aliphatic rings. The monoisotopic (exact) mass is 278 g/mol. The molecule has 2 N–H and O–H groups in total. The molecule has 0 bridgehead atoms. The molecule has 1 amide bonds. The molecule has 5 heteroatoms. The highest BCUT2D eigenvalue weighted by Crippen LogP contribution is 2.23. The van der Waals surface area contributed by atoms with E-state index in [1.165, 1.54) is 0 Å². The highest BCUT2D eigenvalue weighted by atomic mass is 16.1. The first-order chi connectivity index (χ1) is 10.3. The number of hydrogen-bond donors (Lipinski definition) is 2. The summed E-state index contributed by atoms with van der Waals surface area (Å²) in [5.74, 6) is -0.205. The fourth-order valence-electron chi connectivity index (χ4n) is 2.21. The van der Waals surface area contributed by atoms with Gasteiger partial charge in [-0.2, -0.15) is 0 Å². The van der Waals surface area contributed by atoms with Gasteiger partial charge in [0.1, 0.15) is 0 Å². The van der Waals surface area contributed by atoms with Crippen LogP contribution < -0.4 is 10.6 Å². The van der Waals surface area contributed by atoms with Gasteiger partial charge in [0.15, 0.2) is 0 Å². The van der Waals surface area contributed by atoms with Crippen LogP contribution in [0.4, 0.5) is 11.4 Å². The van der Waals surface area contributed by atoms with E-state index in [9.17, 15) is 4.79 Å². The van der Waals surface area contributed by atoms with Crippen molar-refractivity contribution in [2.24, 2.45) is 0 Å². The summed E-state index contributed by atoms with van der Waals surface area (Å²) >= 11 is 0. The molecule has 0 atom stereocenters. The summed E-state index contributed by atoms with van der Waals surface area (Å²) in [4.78, 5) is 20.5. The number of nitrogens with zero attached hydrogens (tertiary/aromatic N) is 2. The van der Waals surface area contributed by atoms with E-state index < -0.39 is 0 Å². The van der Waals surface area contributed by atoms with Gasteiger partial charge >= 0.3 is 0 Å². The first kappa shape index (κ1) is 13.1. The number of nitrogens with one attached hydrogen (secondary N) is 2. The summed E-state index contributed by atoms with van der Waals surface area (Å²) in [5.41, 5.74) is 1.97. The summed E-state index contributed by atoms with van der Waals surface area (Å²) in [5, 5.41) is 7.84. The Morgan fingerprint density at radius 1 is 1.00 bits per heavy atom. The minimum atomic E-state index is -0.205. The Bertz CT molecular complexity index is 796. The van der Waals surface area contributed by atoms with Gasteiger partial charge in [-0.1, -0.05) is 12.1 Å². The molecule has 0 radical (unpaired) electrons. The van der Waals surface area contributed by atoms with Crippen LogP contribution in [0.2, 0.25) is 0 Å². The van der Waals surface area contributed by atoms with Crippen LogP contribution in [0.15, 0.2) is 55.1 Å². The predicted octanol–water partition coefficient (Wildman–Crippen LogP) is 2.92. The number of amides is 1. The minimum Gasteiger partial charge on any atom is -0.387 e. The summed E-state index contributed by atoms with van der Waals surface area (Å²) in [6, 6.07) is 9.42. The molecule has 0 aliphatic heterocycles.